The van der Waals surface area contributed by atoms with E-state index in [0.717, 1.165) is 22.3 Å². The summed E-state index contributed by atoms with van der Waals surface area (Å²) < 4.78 is 0. The largest absolute Gasteiger partial charge is 0.478 e. The van der Waals surface area contributed by atoms with E-state index in [1.807, 2.05) is 42.3 Å². The molecule has 21 heavy (non-hydrogen) atoms. The fourth-order valence-electron chi connectivity index (χ4n) is 2.32. The van der Waals surface area contributed by atoms with E-state index in [9.17, 15) is 4.79 Å². The van der Waals surface area contributed by atoms with Crippen LogP contribution in [0.3, 0.4) is 0 Å². The third-order valence-corrected chi connectivity index (χ3v) is 3.47. The molecule has 0 bridgehead atoms. The van der Waals surface area contributed by atoms with Gasteiger partial charge in [0.2, 0.25) is 0 Å². The average molecular weight is 278 g/mol. The van der Waals surface area contributed by atoms with E-state index in [1.54, 1.807) is 30.5 Å². The lowest BCUT2D eigenvalue weighted by molar-refractivity contribution is 0.0697. The van der Waals surface area contributed by atoms with E-state index in [2.05, 4.69) is 4.98 Å². The Morgan fingerprint density at radius 2 is 1.76 bits per heavy atom. The smallest absolute Gasteiger partial charge is 0.335 e. The van der Waals surface area contributed by atoms with Crippen LogP contribution in [0.4, 0.5) is 11.5 Å². The van der Waals surface area contributed by atoms with Gasteiger partial charge in [0.15, 0.2) is 0 Å². The minimum Gasteiger partial charge on any atom is -0.478 e. The van der Waals surface area contributed by atoms with Gasteiger partial charge >= 0.3 is 5.97 Å². The maximum Gasteiger partial charge on any atom is 0.335 e. The molecule has 0 unspecified atom stereocenters. The van der Waals surface area contributed by atoms with Gasteiger partial charge in [-0.15, -0.1) is 0 Å². The Morgan fingerprint density at radius 1 is 1.05 bits per heavy atom. The molecule has 3 rings (SSSR count). The third kappa shape index (κ3) is 2.43. The maximum atomic E-state index is 10.9. The van der Waals surface area contributed by atoms with E-state index in [4.69, 9.17) is 5.11 Å². The van der Waals surface area contributed by atoms with Crippen LogP contribution < -0.4 is 4.90 Å². The highest BCUT2D eigenvalue weighted by Crippen LogP contribution is 2.28. The van der Waals surface area contributed by atoms with Gasteiger partial charge in [0, 0.05) is 24.3 Å². The zero-order valence-electron chi connectivity index (χ0n) is 11.5. The first-order valence-corrected chi connectivity index (χ1v) is 6.57. The molecule has 4 heteroatoms. The Labute approximate surface area is 122 Å². The average Bonchev–Trinajstić information content (AvgIpc) is 2.53. The van der Waals surface area contributed by atoms with Crippen LogP contribution >= 0.6 is 0 Å². The summed E-state index contributed by atoms with van der Waals surface area (Å²) in [6.45, 7) is 0. The van der Waals surface area contributed by atoms with Crippen molar-refractivity contribution < 1.29 is 9.90 Å². The number of hydrogen-bond acceptors (Lipinski definition) is 3. The number of carboxylic acid groups (broad SMARTS) is 1. The minimum absolute atomic E-state index is 0.276. The summed E-state index contributed by atoms with van der Waals surface area (Å²) in [6, 6.07) is 16.8. The minimum atomic E-state index is -0.924. The van der Waals surface area contributed by atoms with Crippen molar-refractivity contribution in [3.63, 3.8) is 0 Å². The Morgan fingerprint density at radius 3 is 2.48 bits per heavy atom. The number of carbonyl (C=O) groups is 1. The van der Waals surface area contributed by atoms with E-state index < -0.39 is 5.97 Å². The second-order valence-electron chi connectivity index (χ2n) is 4.77. The number of rotatable bonds is 3. The van der Waals surface area contributed by atoms with Crippen LogP contribution in [0, 0.1) is 0 Å². The van der Waals surface area contributed by atoms with Crippen molar-refractivity contribution in [3.05, 3.63) is 66.4 Å². The summed E-state index contributed by atoms with van der Waals surface area (Å²) in [5.41, 5.74) is 1.17. The first-order chi connectivity index (χ1) is 10.2. The van der Waals surface area contributed by atoms with Crippen molar-refractivity contribution >= 4 is 28.2 Å². The zero-order valence-corrected chi connectivity index (χ0v) is 11.5. The van der Waals surface area contributed by atoms with Crippen LogP contribution in [-0.4, -0.2) is 23.1 Å². The highest BCUT2D eigenvalue weighted by atomic mass is 16.4. The van der Waals surface area contributed by atoms with E-state index in [0.29, 0.717) is 0 Å². The molecule has 2 aromatic carbocycles. The van der Waals surface area contributed by atoms with Crippen molar-refractivity contribution in [3.8, 4) is 0 Å². The summed E-state index contributed by atoms with van der Waals surface area (Å²) in [5.74, 6) is -0.0799. The predicted octanol–water partition coefficient (Wildman–Crippen LogP) is 3.70. The summed E-state index contributed by atoms with van der Waals surface area (Å²) in [4.78, 5) is 17.3. The molecule has 0 aliphatic heterocycles. The molecule has 0 saturated carbocycles. The van der Waals surface area contributed by atoms with Crippen LogP contribution in [0.25, 0.3) is 10.8 Å². The molecule has 0 radical (unpaired) electrons. The van der Waals surface area contributed by atoms with E-state index >= 15 is 0 Å². The first kappa shape index (κ1) is 13.1. The monoisotopic (exact) mass is 278 g/mol. The van der Waals surface area contributed by atoms with Crippen LogP contribution in [0.5, 0.6) is 0 Å². The Balaban J connectivity index is 2.04. The molecule has 0 aliphatic rings. The number of fused-ring (bicyclic) bond motifs is 1. The van der Waals surface area contributed by atoms with Gasteiger partial charge in [-0.2, -0.15) is 0 Å². The molecule has 104 valence electrons. The summed E-state index contributed by atoms with van der Waals surface area (Å²) in [5, 5.41) is 11.1. The lowest BCUT2D eigenvalue weighted by Crippen LogP contribution is -2.11. The molecule has 3 aromatic rings. The molecule has 0 spiro atoms. The normalized spacial score (nSPS) is 10.5. The van der Waals surface area contributed by atoms with Crippen LogP contribution in [0.1, 0.15) is 10.4 Å². The summed E-state index contributed by atoms with van der Waals surface area (Å²) in [6.07, 6.45) is 1.78. The third-order valence-electron chi connectivity index (χ3n) is 3.47. The van der Waals surface area contributed by atoms with Gasteiger partial charge in [0.05, 0.1) is 5.56 Å². The second-order valence-corrected chi connectivity index (χ2v) is 4.77. The quantitative estimate of drug-likeness (QED) is 0.793. The van der Waals surface area contributed by atoms with Crippen LogP contribution in [0.2, 0.25) is 0 Å². The lowest BCUT2D eigenvalue weighted by atomic mass is 10.1. The molecular weight excluding hydrogens is 264 g/mol. The molecule has 1 heterocycles. The number of carboxylic acids is 1. The van der Waals surface area contributed by atoms with Crippen molar-refractivity contribution in [2.75, 3.05) is 11.9 Å². The Bertz CT molecular complexity index is 792. The number of hydrogen-bond donors (Lipinski definition) is 1. The van der Waals surface area contributed by atoms with Crippen LogP contribution in [-0.2, 0) is 0 Å². The van der Waals surface area contributed by atoms with E-state index in [-0.39, 0.29) is 5.56 Å². The van der Waals surface area contributed by atoms with Gasteiger partial charge in [-0.05, 0) is 35.7 Å². The number of benzene rings is 2. The highest BCUT2D eigenvalue weighted by molar-refractivity contribution is 5.94. The second kappa shape index (κ2) is 5.25. The molecule has 1 aromatic heterocycles. The van der Waals surface area contributed by atoms with Gasteiger partial charge in [0.1, 0.15) is 5.82 Å². The molecule has 0 amide bonds. The highest BCUT2D eigenvalue weighted by Gasteiger charge is 2.10. The Hall–Kier alpha value is -2.88. The van der Waals surface area contributed by atoms with Gasteiger partial charge in [0.25, 0.3) is 0 Å². The number of pyridine rings is 1. The summed E-state index contributed by atoms with van der Waals surface area (Å²) >= 11 is 0. The van der Waals surface area contributed by atoms with Gasteiger partial charge in [-0.1, -0.05) is 24.3 Å². The van der Waals surface area contributed by atoms with Crippen molar-refractivity contribution in [1.82, 2.24) is 4.98 Å². The number of aromatic carboxylic acids is 1. The standard InChI is InChI=1S/C17H14N2O2/c1-19(14-8-6-13(7-9-14)17(20)21)16-15-5-3-2-4-12(15)10-11-18-16/h2-11H,1H3,(H,20,21). The number of aromatic nitrogens is 1. The lowest BCUT2D eigenvalue weighted by Gasteiger charge is -2.20. The fraction of sp³-hybridized carbons (Fsp3) is 0.0588. The first-order valence-electron chi connectivity index (χ1n) is 6.57. The molecule has 4 nitrogen and oxygen atoms in total. The Kier molecular flexibility index (Phi) is 3.28. The summed E-state index contributed by atoms with van der Waals surface area (Å²) in [7, 11) is 1.92. The van der Waals surface area contributed by atoms with E-state index in [1.165, 1.54) is 0 Å². The maximum absolute atomic E-state index is 10.9. The molecule has 1 N–H and O–H groups in total. The number of anilines is 2. The predicted molar refractivity (Wildman–Crippen MR) is 83.2 cm³/mol. The zero-order chi connectivity index (χ0) is 14.8. The molecule has 0 aliphatic carbocycles. The fourth-order valence-corrected chi connectivity index (χ4v) is 2.32. The topological polar surface area (TPSA) is 53.4 Å². The van der Waals surface area contributed by atoms with Gasteiger partial charge in [-0.3, -0.25) is 0 Å². The molecule has 0 saturated heterocycles. The number of nitrogens with zero attached hydrogens (tertiary/aromatic N) is 2. The molecule has 0 atom stereocenters. The van der Waals surface area contributed by atoms with Gasteiger partial charge in [-0.25, -0.2) is 9.78 Å². The molecule has 0 fully saturated rings. The van der Waals surface area contributed by atoms with Crippen LogP contribution in [0.15, 0.2) is 60.8 Å². The van der Waals surface area contributed by atoms with Crippen molar-refractivity contribution in [1.29, 1.82) is 0 Å². The van der Waals surface area contributed by atoms with Gasteiger partial charge < -0.3 is 10.0 Å². The SMILES string of the molecule is CN(c1ccc(C(=O)O)cc1)c1nccc2ccccc12. The molecular formula is C17H14N2O2. The van der Waals surface area contributed by atoms with Crippen molar-refractivity contribution in [2.24, 2.45) is 0 Å². The van der Waals surface area contributed by atoms with Crippen molar-refractivity contribution in [2.45, 2.75) is 0 Å².